The van der Waals surface area contributed by atoms with E-state index in [0.717, 1.165) is 12.1 Å². The van der Waals surface area contributed by atoms with Crippen molar-refractivity contribution in [3.8, 4) is 5.75 Å². The maximum Gasteiger partial charge on any atom is 0.261 e. The number of amides is 1. The minimum Gasteiger partial charge on any atom is -0.481 e. The lowest BCUT2D eigenvalue weighted by molar-refractivity contribution is -0.127. The quantitative estimate of drug-likeness (QED) is 0.916. The van der Waals surface area contributed by atoms with E-state index in [1.807, 2.05) is 0 Å². The zero-order valence-electron chi connectivity index (χ0n) is 10.7. The SMILES string of the molecule is CC(Oc1ccc(F)c(F)c1)C(=O)NCc1ccco1. The molecule has 2 rings (SSSR count). The molecule has 0 bridgehead atoms. The predicted molar refractivity (Wildman–Crippen MR) is 67.0 cm³/mol. The van der Waals surface area contributed by atoms with Crippen LogP contribution in [0.15, 0.2) is 41.0 Å². The molecular formula is C14H13F2NO3. The molecule has 1 aromatic heterocycles. The van der Waals surface area contributed by atoms with Crippen molar-refractivity contribution < 1.29 is 22.7 Å². The van der Waals surface area contributed by atoms with Gasteiger partial charge in [-0.15, -0.1) is 0 Å². The van der Waals surface area contributed by atoms with E-state index >= 15 is 0 Å². The third-order valence-electron chi connectivity index (χ3n) is 2.59. The van der Waals surface area contributed by atoms with Crippen molar-refractivity contribution in [2.45, 2.75) is 19.6 Å². The first kappa shape index (κ1) is 14.0. The van der Waals surface area contributed by atoms with Gasteiger partial charge in [-0.3, -0.25) is 4.79 Å². The van der Waals surface area contributed by atoms with Gasteiger partial charge in [0.1, 0.15) is 11.5 Å². The maximum atomic E-state index is 13.0. The van der Waals surface area contributed by atoms with Gasteiger partial charge in [-0.25, -0.2) is 8.78 Å². The minimum absolute atomic E-state index is 0.0875. The van der Waals surface area contributed by atoms with Crippen LogP contribution in [0.2, 0.25) is 0 Å². The molecule has 0 saturated carbocycles. The smallest absolute Gasteiger partial charge is 0.261 e. The molecule has 1 atom stereocenters. The molecule has 4 nitrogen and oxygen atoms in total. The van der Waals surface area contributed by atoms with Crippen molar-refractivity contribution in [1.29, 1.82) is 0 Å². The average molecular weight is 281 g/mol. The molecule has 0 radical (unpaired) electrons. The molecule has 0 aliphatic heterocycles. The Morgan fingerprint density at radius 2 is 2.15 bits per heavy atom. The van der Waals surface area contributed by atoms with E-state index in [0.29, 0.717) is 5.76 Å². The van der Waals surface area contributed by atoms with Crippen LogP contribution in [0.3, 0.4) is 0 Å². The van der Waals surface area contributed by atoms with Crippen LogP contribution in [0.25, 0.3) is 0 Å². The number of hydrogen-bond donors (Lipinski definition) is 1. The molecular weight excluding hydrogens is 268 g/mol. The Kier molecular flexibility index (Phi) is 4.34. The second kappa shape index (κ2) is 6.18. The third-order valence-corrected chi connectivity index (χ3v) is 2.59. The van der Waals surface area contributed by atoms with Crippen molar-refractivity contribution in [3.05, 3.63) is 54.0 Å². The van der Waals surface area contributed by atoms with Crippen molar-refractivity contribution in [3.63, 3.8) is 0 Å². The van der Waals surface area contributed by atoms with Crippen LogP contribution in [0, 0.1) is 11.6 Å². The van der Waals surface area contributed by atoms with Gasteiger partial charge in [-0.1, -0.05) is 0 Å². The summed E-state index contributed by atoms with van der Waals surface area (Å²) in [7, 11) is 0. The molecule has 1 unspecified atom stereocenters. The zero-order chi connectivity index (χ0) is 14.5. The molecule has 0 aliphatic rings. The molecule has 1 amide bonds. The number of carbonyl (C=O) groups is 1. The Bertz CT molecular complexity index is 584. The number of hydrogen-bond acceptors (Lipinski definition) is 3. The van der Waals surface area contributed by atoms with Crippen LogP contribution in [0.1, 0.15) is 12.7 Å². The molecule has 2 aromatic rings. The molecule has 1 heterocycles. The number of benzene rings is 1. The van der Waals surface area contributed by atoms with Gasteiger partial charge in [0, 0.05) is 6.07 Å². The Hall–Kier alpha value is -2.37. The van der Waals surface area contributed by atoms with Crippen LogP contribution in [-0.4, -0.2) is 12.0 Å². The van der Waals surface area contributed by atoms with E-state index in [4.69, 9.17) is 9.15 Å². The molecule has 20 heavy (non-hydrogen) atoms. The number of nitrogens with one attached hydrogen (secondary N) is 1. The lowest BCUT2D eigenvalue weighted by Crippen LogP contribution is -2.35. The van der Waals surface area contributed by atoms with Crippen molar-refractivity contribution in [1.82, 2.24) is 5.32 Å². The summed E-state index contributed by atoms with van der Waals surface area (Å²) >= 11 is 0. The molecule has 106 valence electrons. The topological polar surface area (TPSA) is 51.5 Å². The van der Waals surface area contributed by atoms with Gasteiger partial charge < -0.3 is 14.5 Å². The number of ether oxygens (including phenoxy) is 1. The fourth-order valence-corrected chi connectivity index (χ4v) is 1.54. The minimum atomic E-state index is -1.02. The fourth-order valence-electron chi connectivity index (χ4n) is 1.54. The van der Waals surface area contributed by atoms with E-state index < -0.39 is 17.7 Å². The van der Waals surface area contributed by atoms with Crippen LogP contribution >= 0.6 is 0 Å². The Morgan fingerprint density at radius 3 is 2.80 bits per heavy atom. The summed E-state index contributed by atoms with van der Waals surface area (Å²) in [5.41, 5.74) is 0. The second-order valence-electron chi connectivity index (χ2n) is 4.13. The second-order valence-corrected chi connectivity index (χ2v) is 4.13. The lowest BCUT2D eigenvalue weighted by atomic mass is 10.3. The molecule has 0 fully saturated rings. The summed E-state index contributed by atoms with van der Waals surface area (Å²) < 4.78 is 36.0. The predicted octanol–water partition coefficient (Wildman–Crippen LogP) is 2.64. The third kappa shape index (κ3) is 3.57. The largest absolute Gasteiger partial charge is 0.481 e. The highest BCUT2D eigenvalue weighted by Gasteiger charge is 2.15. The van der Waals surface area contributed by atoms with Gasteiger partial charge >= 0.3 is 0 Å². The van der Waals surface area contributed by atoms with Gasteiger partial charge in [-0.05, 0) is 31.2 Å². The number of halogens is 2. The Labute approximate surface area is 114 Å². The highest BCUT2D eigenvalue weighted by atomic mass is 19.2. The van der Waals surface area contributed by atoms with Crippen LogP contribution in [0.4, 0.5) is 8.78 Å². The van der Waals surface area contributed by atoms with E-state index in [-0.39, 0.29) is 18.2 Å². The van der Waals surface area contributed by atoms with Gasteiger partial charge in [-0.2, -0.15) is 0 Å². The average Bonchev–Trinajstić information content (AvgIpc) is 2.93. The van der Waals surface area contributed by atoms with Crippen molar-refractivity contribution in [2.75, 3.05) is 0 Å². The Morgan fingerprint density at radius 1 is 1.35 bits per heavy atom. The molecule has 0 spiro atoms. The highest BCUT2D eigenvalue weighted by molar-refractivity contribution is 5.80. The standard InChI is InChI=1S/C14H13F2NO3/c1-9(14(18)17-8-11-3-2-6-19-11)20-10-4-5-12(15)13(16)7-10/h2-7,9H,8H2,1H3,(H,17,18). The van der Waals surface area contributed by atoms with E-state index in [1.165, 1.54) is 19.3 Å². The lowest BCUT2D eigenvalue weighted by Gasteiger charge is -2.14. The number of carbonyl (C=O) groups excluding carboxylic acids is 1. The Balaban J connectivity index is 1.88. The fraction of sp³-hybridized carbons (Fsp3) is 0.214. The van der Waals surface area contributed by atoms with E-state index in [2.05, 4.69) is 5.32 Å². The summed E-state index contributed by atoms with van der Waals surface area (Å²) in [5.74, 6) is -1.67. The van der Waals surface area contributed by atoms with Crippen molar-refractivity contribution in [2.24, 2.45) is 0 Å². The summed E-state index contributed by atoms with van der Waals surface area (Å²) in [4.78, 5) is 11.7. The van der Waals surface area contributed by atoms with E-state index in [9.17, 15) is 13.6 Å². The molecule has 0 saturated heterocycles. The molecule has 0 aliphatic carbocycles. The van der Waals surface area contributed by atoms with E-state index in [1.54, 1.807) is 12.1 Å². The van der Waals surface area contributed by atoms with Gasteiger partial charge in [0.25, 0.3) is 5.91 Å². The summed E-state index contributed by atoms with van der Waals surface area (Å²) in [5, 5.41) is 2.61. The van der Waals surface area contributed by atoms with Crippen molar-refractivity contribution >= 4 is 5.91 Å². The van der Waals surface area contributed by atoms with Crippen LogP contribution < -0.4 is 10.1 Å². The molecule has 6 heteroatoms. The summed E-state index contributed by atoms with van der Waals surface area (Å²) in [6.07, 6.45) is 0.665. The van der Waals surface area contributed by atoms with Crippen LogP contribution in [0.5, 0.6) is 5.75 Å². The monoisotopic (exact) mass is 281 g/mol. The first-order chi connectivity index (χ1) is 9.56. The maximum absolute atomic E-state index is 13.0. The molecule has 1 aromatic carbocycles. The number of furan rings is 1. The number of rotatable bonds is 5. The van der Waals surface area contributed by atoms with Crippen LogP contribution in [-0.2, 0) is 11.3 Å². The highest BCUT2D eigenvalue weighted by Crippen LogP contribution is 2.16. The summed E-state index contributed by atoms with van der Waals surface area (Å²) in [6, 6.07) is 6.53. The summed E-state index contributed by atoms with van der Waals surface area (Å²) in [6.45, 7) is 1.75. The zero-order valence-corrected chi connectivity index (χ0v) is 10.7. The first-order valence-electron chi connectivity index (χ1n) is 5.98. The van der Waals surface area contributed by atoms with Gasteiger partial charge in [0.15, 0.2) is 17.7 Å². The van der Waals surface area contributed by atoms with Gasteiger partial charge in [0.05, 0.1) is 12.8 Å². The van der Waals surface area contributed by atoms with Gasteiger partial charge in [0.2, 0.25) is 0 Å². The molecule has 1 N–H and O–H groups in total. The first-order valence-corrected chi connectivity index (χ1v) is 5.98. The normalized spacial score (nSPS) is 11.9.